The average molecular weight is 261 g/mol. The predicted octanol–water partition coefficient (Wildman–Crippen LogP) is 1.09. The van der Waals surface area contributed by atoms with Gasteiger partial charge in [0.05, 0.1) is 12.7 Å². The van der Waals surface area contributed by atoms with Crippen LogP contribution in [-0.4, -0.2) is 40.9 Å². The molecule has 0 aliphatic carbocycles. The monoisotopic (exact) mass is 261 g/mol. The molecular formula is C13H15N3O3. The van der Waals surface area contributed by atoms with Crippen molar-refractivity contribution >= 4 is 11.6 Å². The molecule has 100 valence electrons. The van der Waals surface area contributed by atoms with Crippen molar-refractivity contribution in [1.29, 1.82) is 0 Å². The molecule has 0 bridgehead atoms. The van der Waals surface area contributed by atoms with Gasteiger partial charge in [0.2, 0.25) is 0 Å². The third-order valence-corrected chi connectivity index (χ3v) is 3.29. The number of fused-ring (bicyclic) bond motifs is 1. The zero-order valence-corrected chi connectivity index (χ0v) is 10.7. The summed E-state index contributed by atoms with van der Waals surface area (Å²) in [7, 11) is 1.36. The van der Waals surface area contributed by atoms with E-state index in [4.69, 9.17) is 4.74 Å². The lowest BCUT2D eigenvalue weighted by Gasteiger charge is -2.01. The fourth-order valence-electron chi connectivity index (χ4n) is 2.26. The van der Waals surface area contributed by atoms with Gasteiger partial charge in [0.15, 0.2) is 11.5 Å². The van der Waals surface area contributed by atoms with Gasteiger partial charge in [-0.1, -0.05) is 0 Å². The van der Waals surface area contributed by atoms with Gasteiger partial charge in [-0.25, -0.2) is 14.3 Å². The lowest BCUT2D eigenvalue weighted by molar-refractivity contribution is 0.0600. The second-order valence-corrected chi connectivity index (χ2v) is 4.67. The molecule has 0 amide bonds. The molecule has 6 nitrogen and oxygen atoms in total. The maximum Gasteiger partial charge on any atom is 0.339 e. The van der Waals surface area contributed by atoms with Crippen LogP contribution >= 0.6 is 0 Å². The van der Waals surface area contributed by atoms with E-state index in [2.05, 4.69) is 14.8 Å². The molecule has 1 fully saturated rings. The lowest BCUT2D eigenvalue weighted by atomic mass is 10.1. The Balaban J connectivity index is 1.85. The predicted molar refractivity (Wildman–Crippen MR) is 67.0 cm³/mol. The number of hydrogen-bond donors (Lipinski definition) is 0. The van der Waals surface area contributed by atoms with Crippen LogP contribution in [0.2, 0.25) is 0 Å². The largest absolute Gasteiger partial charge is 0.465 e. The number of carbonyl (C=O) groups is 1. The summed E-state index contributed by atoms with van der Waals surface area (Å²) >= 11 is 0. The highest BCUT2D eigenvalue weighted by Crippen LogP contribution is 2.17. The van der Waals surface area contributed by atoms with Crippen molar-refractivity contribution < 1.29 is 14.3 Å². The molecule has 19 heavy (non-hydrogen) atoms. The van der Waals surface area contributed by atoms with Crippen molar-refractivity contribution in [2.24, 2.45) is 5.92 Å². The maximum atomic E-state index is 11.4. The van der Waals surface area contributed by atoms with Crippen LogP contribution in [0.1, 0.15) is 22.6 Å². The third kappa shape index (κ3) is 2.44. The lowest BCUT2D eigenvalue weighted by Crippen LogP contribution is -2.05. The van der Waals surface area contributed by atoms with E-state index in [1.165, 1.54) is 7.11 Å². The van der Waals surface area contributed by atoms with Crippen molar-refractivity contribution in [3.05, 3.63) is 29.7 Å². The van der Waals surface area contributed by atoms with Crippen LogP contribution in [0.4, 0.5) is 0 Å². The van der Waals surface area contributed by atoms with Crippen LogP contribution in [0.15, 0.2) is 18.3 Å². The molecule has 3 heterocycles. The van der Waals surface area contributed by atoms with Gasteiger partial charge in [-0.2, -0.15) is 5.10 Å². The van der Waals surface area contributed by atoms with Crippen molar-refractivity contribution in [2.45, 2.75) is 12.8 Å². The minimum atomic E-state index is -0.372. The molecule has 1 aliphatic heterocycles. The van der Waals surface area contributed by atoms with Crippen LogP contribution < -0.4 is 0 Å². The molecule has 0 saturated carbocycles. The normalized spacial score (nSPS) is 18.9. The Hall–Kier alpha value is -1.95. The Morgan fingerprint density at radius 2 is 2.47 bits per heavy atom. The summed E-state index contributed by atoms with van der Waals surface area (Å²) < 4.78 is 11.6. The van der Waals surface area contributed by atoms with E-state index in [1.807, 2.05) is 0 Å². The zero-order chi connectivity index (χ0) is 13.2. The van der Waals surface area contributed by atoms with Crippen LogP contribution in [0.5, 0.6) is 0 Å². The highest BCUT2D eigenvalue weighted by atomic mass is 16.5. The number of aromatic nitrogens is 3. The summed E-state index contributed by atoms with van der Waals surface area (Å²) in [6.07, 6.45) is 3.51. The average Bonchev–Trinajstić information content (AvgIpc) is 3.05. The van der Waals surface area contributed by atoms with E-state index in [0.29, 0.717) is 11.5 Å². The second kappa shape index (κ2) is 4.97. The number of nitrogens with zero attached hydrogens (tertiary/aromatic N) is 3. The quantitative estimate of drug-likeness (QED) is 0.774. The molecule has 3 rings (SSSR count). The number of ether oxygens (including phenoxy) is 2. The van der Waals surface area contributed by atoms with Gasteiger partial charge in [0.25, 0.3) is 0 Å². The second-order valence-electron chi connectivity index (χ2n) is 4.67. The molecule has 1 atom stereocenters. The summed E-state index contributed by atoms with van der Waals surface area (Å²) in [6.45, 7) is 1.60. The number of esters is 1. The number of methoxy groups -OCH3 is 1. The van der Waals surface area contributed by atoms with E-state index in [1.54, 1.807) is 22.8 Å². The SMILES string of the molecule is COC(=O)c1ccc2nc(CC3CCOC3)nn2c1. The molecule has 0 N–H and O–H groups in total. The summed E-state index contributed by atoms with van der Waals surface area (Å²) in [6, 6.07) is 3.46. The van der Waals surface area contributed by atoms with E-state index >= 15 is 0 Å². The van der Waals surface area contributed by atoms with Gasteiger partial charge in [-0.3, -0.25) is 0 Å². The molecular weight excluding hydrogens is 246 g/mol. The van der Waals surface area contributed by atoms with Gasteiger partial charge in [-0.15, -0.1) is 0 Å². The highest BCUT2D eigenvalue weighted by molar-refractivity contribution is 5.89. The van der Waals surface area contributed by atoms with E-state index in [-0.39, 0.29) is 5.97 Å². The van der Waals surface area contributed by atoms with Crippen molar-refractivity contribution in [3.8, 4) is 0 Å². The molecule has 6 heteroatoms. The van der Waals surface area contributed by atoms with Gasteiger partial charge in [-0.05, 0) is 24.5 Å². The molecule has 1 unspecified atom stereocenters. The molecule has 2 aromatic heterocycles. The Morgan fingerprint density at radius 1 is 1.58 bits per heavy atom. The topological polar surface area (TPSA) is 65.7 Å². The van der Waals surface area contributed by atoms with Crippen LogP contribution in [0, 0.1) is 5.92 Å². The number of hydrogen-bond acceptors (Lipinski definition) is 5. The van der Waals surface area contributed by atoms with E-state index < -0.39 is 0 Å². The highest BCUT2D eigenvalue weighted by Gasteiger charge is 2.18. The summed E-state index contributed by atoms with van der Waals surface area (Å²) in [5.74, 6) is 0.915. The van der Waals surface area contributed by atoms with Crippen LogP contribution in [0.25, 0.3) is 5.65 Å². The number of carbonyl (C=O) groups excluding carboxylic acids is 1. The van der Waals surface area contributed by atoms with E-state index in [0.717, 1.165) is 37.5 Å². The van der Waals surface area contributed by atoms with Crippen molar-refractivity contribution in [2.75, 3.05) is 20.3 Å². The molecule has 0 aromatic carbocycles. The summed E-state index contributed by atoms with van der Waals surface area (Å²) in [5, 5.41) is 4.40. The minimum absolute atomic E-state index is 0.372. The Bertz CT molecular complexity index is 602. The summed E-state index contributed by atoms with van der Waals surface area (Å²) in [4.78, 5) is 15.9. The number of rotatable bonds is 3. The molecule has 0 spiro atoms. The Morgan fingerprint density at radius 3 is 3.21 bits per heavy atom. The Labute approximate surface area is 110 Å². The molecule has 1 saturated heterocycles. The first kappa shape index (κ1) is 12.1. The van der Waals surface area contributed by atoms with E-state index in [9.17, 15) is 4.79 Å². The molecule has 2 aromatic rings. The van der Waals surface area contributed by atoms with Gasteiger partial charge in [0, 0.05) is 25.8 Å². The fraction of sp³-hybridized carbons (Fsp3) is 0.462. The molecule has 0 radical (unpaired) electrons. The van der Waals surface area contributed by atoms with Gasteiger partial charge >= 0.3 is 5.97 Å². The Kier molecular flexibility index (Phi) is 3.16. The first-order valence-corrected chi connectivity index (χ1v) is 6.27. The van der Waals surface area contributed by atoms with Crippen molar-refractivity contribution in [3.63, 3.8) is 0 Å². The van der Waals surface area contributed by atoms with Crippen LogP contribution in [0.3, 0.4) is 0 Å². The smallest absolute Gasteiger partial charge is 0.339 e. The fourth-order valence-corrected chi connectivity index (χ4v) is 2.26. The first-order chi connectivity index (χ1) is 9.26. The minimum Gasteiger partial charge on any atom is -0.465 e. The first-order valence-electron chi connectivity index (χ1n) is 6.27. The van der Waals surface area contributed by atoms with Crippen molar-refractivity contribution in [1.82, 2.24) is 14.6 Å². The summed E-state index contributed by atoms with van der Waals surface area (Å²) in [5.41, 5.74) is 1.21. The van der Waals surface area contributed by atoms with Crippen LogP contribution in [-0.2, 0) is 15.9 Å². The number of pyridine rings is 1. The van der Waals surface area contributed by atoms with Gasteiger partial charge in [0.1, 0.15) is 0 Å². The standard InChI is InChI=1S/C13H15N3O3/c1-18-13(17)10-2-3-12-14-11(15-16(12)7-10)6-9-4-5-19-8-9/h2-3,7,9H,4-6,8H2,1H3. The third-order valence-electron chi connectivity index (χ3n) is 3.29. The van der Waals surface area contributed by atoms with Gasteiger partial charge < -0.3 is 9.47 Å². The maximum absolute atomic E-state index is 11.4. The molecule has 1 aliphatic rings. The zero-order valence-electron chi connectivity index (χ0n) is 10.7.